The van der Waals surface area contributed by atoms with E-state index in [4.69, 9.17) is 10.8 Å². The zero-order chi connectivity index (χ0) is 12.6. The van der Waals surface area contributed by atoms with Crippen LogP contribution in [0.1, 0.15) is 33.9 Å². The van der Waals surface area contributed by atoms with Gasteiger partial charge in [0.1, 0.15) is 0 Å². The zero-order valence-corrected chi connectivity index (χ0v) is 9.51. The number of hydrogen-bond acceptors (Lipinski definition) is 3. The number of nitrogens with two attached hydrogens (primary N) is 1. The number of carbonyl (C=O) groups excluding carboxylic acids is 1. The molecule has 1 atom stereocenters. The van der Waals surface area contributed by atoms with Crippen LogP contribution in [0.15, 0.2) is 18.2 Å². The minimum absolute atomic E-state index is 0.0376. The number of fused-ring (bicyclic) bond motifs is 1. The molecule has 0 fully saturated rings. The smallest absolute Gasteiger partial charge is 0.305 e. The van der Waals surface area contributed by atoms with Crippen molar-refractivity contribution in [1.82, 2.24) is 4.90 Å². The highest BCUT2D eigenvalue weighted by Crippen LogP contribution is 2.25. The molecular formula is C12H14N2O3. The molecule has 0 aliphatic carbocycles. The summed E-state index contributed by atoms with van der Waals surface area (Å²) in [5, 5.41) is 8.68. The first kappa shape index (κ1) is 11.6. The molecule has 2 rings (SSSR count). The van der Waals surface area contributed by atoms with Crippen LogP contribution >= 0.6 is 0 Å². The number of benzene rings is 1. The van der Waals surface area contributed by atoms with Crippen molar-refractivity contribution in [3.63, 3.8) is 0 Å². The summed E-state index contributed by atoms with van der Waals surface area (Å²) in [6, 6.07) is 4.76. The van der Waals surface area contributed by atoms with E-state index in [1.807, 2.05) is 6.07 Å². The van der Waals surface area contributed by atoms with E-state index in [1.54, 1.807) is 24.1 Å². The van der Waals surface area contributed by atoms with Crippen LogP contribution in [0.25, 0.3) is 0 Å². The molecule has 1 aliphatic rings. The van der Waals surface area contributed by atoms with E-state index in [9.17, 15) is 9.59 Å². The minimum atomic E-state index is -0.943. The third-order valence-corrected chi connectivity index (χ3v) is 2.94. The zero-order valence-electron chi connectivity index (χ0n) is 9.51. The Bertz CT molecular complexity index is 485. The summed E-state index contributed by atoms with van der Waals surface area (Å²) in [5.41, 5.74) is 8.05. The Labute approximate surface area is 98.8 Å². The highest BCUT2D eigenvalue weighted by atomic mass is 16.4. The van der Waals surface area contributed by atoms with E-state index in [1.165, 1.54) is 0 Å². The van der Waals surface area contributed by atoms with Crippen LogP contribution in [0, 0.1) is 0 Å². The first-order chi connectivity index (χ1) is 7.99. The third kappa shape index (κ3) is 2.14. The van der Waals surface area contributed by atoms with Crippen molar-refractivity contribution in [3.8, 4) is 0 Å². The Morgan fingerprint density at radius 2 is 2.29 bits per heavy atom. The molecule has 0 aromatic heterocycles. The number of amides is 1. The molecule has 0 spiro atoms. The summed E-state index contributed by atoms with van der Waals surface area (Å²) in [5.74, 6) is -0.981. The fraction of sp³-hybridized carbons (Fsp3) is 0.333. The molecule has 1 heterocycles. The van der Waals surface area contributed by atoms with Crippen LogP contribution < -0.4 is 5.73 Å². The molecule has 1 amide bonds. The summed E-state index contributed by atoms with van der Waals surface area (Å²) < 4.78 is 0. The Balaban J connectivity index is 2.29. The Morgan fingerprint density at radius 3 is 2.94 bits per heavy atom. The van der Waals surface area contributed by atoms with Crippen molar-refractivity contribution in [1.29, 1.82) is 0 Å². The van der Waals surface area contributed by atoms with E-state index < -0.39 is 12.0 Å². The van der Waals surface area contributed by atoms with E-state index >= 15 is 0 Å². The maximum Gasteiger partial charge on any atom is 0.305 e. The number of hydrogen-bond donors (Lipinski definition) is 2. The van der Waals surface area contributed by atoms with Crippen molar-refractivity contribution >= 4 is 11.9 Å². The molecule has 0 bridgehead atoms. The van der Waals surface area contributed by atoms with E-state index in [2.05, 4.69) is 0 Å². The van der Waals surface area contributed by atoms with Crippen LogP contribution in [0.3, 0.4) is 0 Å². The molecule has 0 saturated carbocycles. The highest BCUT2D eigenvalue weighted by molar-refractivity contribution is 5.98. The van der Waals surface area contributed by atoms with Crippen molar-refractivity contribution in [3.05, 3.63) is 34.9 Å². The average Bonchev–Trinajstić information content (AvgIpc) is 2.54. The second-order valence-electron chi connectivity index (χ2n) is 4.28. The van der Waals surface area contributed by atoms with Gasteiger partial charge in [-0.2, -0.15) is 0 Å². The summed E-state index contributed by atoms with van der Waals surface area (Å²) in [6.07, 6.45) is -0.136. The average molecular weight is 234 g/mol. The molecule has 5 nitrogen and oxygen atoms in total. The van der Waals surface area contributed by atoms with Gasteiger partial charge in [0.25, 0.3) is 5.91 Å². The first-order valence-electron chi connectivity index (χ1n) is 5.34. The molecule has 17 heavy (non-hydrogen) atoms. The van der Waals surface area contributed by atoms with Gasteiger partial charge in [-0.15, -0.1) is 0 Å². The van der Waals surface area contributed by atoms with Crippen LogP contribution in [0.5, 0.6) is 0 Å². The van der Waals surface area contributed by atoms with Gasteiger partial charge in [-0.25, -0.2) is 0 Å². The van der Waals surface area contributed by atoms with Crippen molar-refractivity contribution in [2.75, 3.05) is 7.05 Å². The second kappa shape index (κ2) is 4.18. The van der Waals surface area contributed by atoms with Crippen molar-refractivity contribution < 1.29 is 14.7 Å². The summed E-state index contributed by atoms with van der Waals surface area (Å²) in [7, 11) is 1.74. The molecule has 1 unspecified atom stereocenters. The van der Waals surface area contributed by atoms with Gasteiger partial charge in [0.05, 0.1) is 6.42 Å². The predicted molar refractivity (Wildman–Crippen MR) is 61.4 cm³/mol. The molecule has 1 aliphatic heterocycles. The first-order valence-corrected chi connectivity index (χ1v) is 5.34. The molecule has 90 valence electrons. The second-order valence-corrected chi connectivity index (χ2v) is 4.28. The maximum atomic E-state index is 11.8. The van der Waals surface area contributed by atoms with Gasteiger partial charge in [0.15, 0.2) is 0 Å². The molecule has 0 radical (unpaired) electrons. The normalized spacial score (nSPS) is 15.9. The number of carboxylic acid groups (broad SMARTS) is 1. The fourth-order valence-corrected chi connectivity index (χ4v) is 2.00. The van der Waals surface area contributed by atoms with E-state index in [0.29, 0.717) is 17.7 Å². The summed E-state index contributed by atoms with van der Waals surface area (Å²) in [4.78, 5) is 24.0. The minimum Gasteiger partial charge on any atom is -0.481 e. The van der Waals surface area contributed by atoms with Crippen LogP contribution in [0.4, 0.5) is 0 Å². The molecule has 1 aromatic carbocycles. The number of aliphatic carboxylic acids is 1. The van der Waals surface area contributed by atoms with Crippen LogP contribution in [-0.2, 0) is 11.3 Å². The van der Waals surface area contributed by atoms with Gasteiger partial charge in [-0.3, -0.25) is 9.59 Å². The standard InChI is InChI=1S/C12H14N2O3/c1-14-6-8-3-2-7(4-9(8)12(14)17)10(13)5-11(15)16/h2-4,10H,5-6,13H2,1H3,(H,15,16). The molecular weight excluding hydrogens is 220 g/mol. The number of nitrogens with zero attached hydrogens (tertiary/aromatic N) is 1. The molecule has 0 saturated heterocycles. The number of carbonyl (C=O) groups is 2. The van der Waals surface area contributed by atoms with Gasteiger partial charge in [0, 0.05) is 25.2 Å². The summed E-state index contributed by atoms with van der Waals surface area (Å²) in [6.45, 7) is 0.600. The summed E-state index contributed by atoms with van der Waals surface area (Å²) >= 11 is 0. The van der Waals surface area contributed by atoms with E-state index in [-0.39, 0.29) is 12.3 Å². The van der Waals surface area contributed by atoms with Gasteiger partial charge in [-0.1, -0.05) is 12.1 Å². The highest BCUT2D eigenvalue weighted by Gasteiger charge is 2.25. The molecule has 3 N–H and O–H groups in total. The monoisotopic (exact) mass is 234 g/mol. The number of rotatable bonds is 3. The maximum absolute atomic E-state index is 11.8. The van der Waals surface area contributed by atoms with Gasteiger partial charge < -0.3 is 15.7 Å². The lowest BCUT2D eigenvalue weighted by Gasteiger charge is -2.10. The number of carboxylic acids is 1. The van der Waals surface area contributed by atoms with Crippen molar-refractivity contribution in [2.24, 2.45) is 5.73 Å². The molecule has 1 aromatic rings. The lowest BCUT2D eigenvalue weighted by Crippen LogP contribution is -2.18. The lowest BCUT2D eigenvalue weighted by atomic mass is 9.99. The van der Waals surface area contributed by atoms with Gasteiger partial charge in [-0.05, 0) is 17.2 Å². The molecule has 5 heteroatoms. The largest absolute Gasteiger partial charge is 0.481 e. The van der Waals surface area contributed by atoms with Gasteiger partial charge in [0.2, 0.25) is 0 Å². The van der Waals surface area contributed by atoms with Crippen LogP contribution in [-0.4, -0.2) is 28.9 Å². The topological polar surface area (TPSA) is 83.6 Å². The Hall–Kier alpha value is -1.88. The lowest BCUT2D eigenvalue weighted by molar-refractivity contribution is -0.137. The Morgan fingerprint density at radius 1 is 1.59 bits per heavy atom. The third-order valence-electron chi connectivity index (χ3n) is 2.94. The van der Waals surface area contributed by atoms with E-state index in [0.717, 1.165) is 5.56 Å². The van der Waals surface area contributed by atoms with Crippen LogP contribution in [0.2, 0.25) is 0 Å². The SMILES string of the molecule is CN1Cc2ccc(C(N)CC(=O)O)cc2C1=O. The van der Waals surface area contributed by atoms with Crippen molar-refractivity contribution in [2.45, 2.75) is 19.0 Å². The predicted octanol–water partition coefficient (Wildman–Crippen LogP) is 0.747. The Kier molecular flexibility index (Phi) is 2.85. The fourth-order valence-electron chi connectivity index (χ4n) is 2.00. The quantitative estimate of drug-likeness (QED) is 0.808. The van der Waals surface area contributed by atoms with Gasteiger partial charge >= 0.3 is 5.97 Å².